The molecule has 1 aliphatic carbocycles. The minimum absolute atomic E-state index is 0. The van der Waals surface area contributed by atoms with E-state index in [2.05, 4.69) is 16.3 Å². The monoisotopic (exact) mass is 350 g/mol. The highest BCUT2D eigenvalue weighted by atomic mass is 35.5. The van der Waals surface area contributed by atoms with Gasteiger partial charge in [-0.2, -0.15) is 0 Å². The van der Waals surface area contributed by atoms with Gasteiger partial charge < -0.3 is 14.8 Å². The van der Waals surface area contributed by atoms with Gasteiger partial charge in [0, 0.05) is 26.2 Å². The van der Waals surface area contributed by atoms with Crippen molar-refractivity contribution in [3.63, 3.8) is 0 Å². The van der Waals surface area contributed by atoms with Crippen molar-refractivity contribution in [2.45, 2.75) is 44.8 Å². The van der Waals surface area contributed by atoms with E-state index >= 15 is 0 Å². The molecule has 1 aromatic rings. The molecule has 2 heterocycles. The molecule has 2 fully saturated rings. The molecule has 1 atom stereocenters. The van der Waals surface area contributed by atoms with Crippen LogP contribution in [0.4, 0.5) is 0 Å². The molecule has 0 aromatic carbocycles. The predicted molar refractivity (Wildman–Crippen MR) is 92.9 cm³/mol. The zero-order valence-electron chi connectivity index (χ0n) is 13.0. The number of hydrogen-bond donors (Lipinski definition) is 2. The molecule has 1 aliphatic heterocycles. The van der Waals surface area contributed by atoms with Crippen molar-refractivity contribution in [3.8, 4) is 0 Å². The van der Waals surface area contributed by atoms with Crippen LogP contribution in [-0.2, 0) is 6.61 Å². The summed E-state index contributed by atoms with van der Waals surface area (Å²) in [5, 5.41) is 12.7. The molecule has 1 aromatic heterocycles. The highest BCUT2D eigenvalue weighted by Gasteiger charge is 2.32. The van der Waals surface area contributed by atoms with Gasteiger partial charge in [-0.15, -0.1) is 24.8 Å². The fraction of sp³-hybridized carbons (Fsp3) is 0.750. The molecule has 4 nitrogen and oxygen atoms in total. The molecule has 2 aliphatic rings. The van der Waals surface area contributed by atoms with E-state index in [1.807, 2.05) is 6.07 Å². The SMILES string of the molecule is Cl.Cl.OCc1ccc([C@@H](C2CCCCC2)N2CCNCC2)o1. The van der Waals surface area contributed by atoms with Gasteiger partial charge in [0.2, 0.25) is 0 Å². The molecule has 6 heteroatoms. The van der Waals surface area contributed by atoms with Crippen LogP contribution in [0.2, 0.25) is 0 Å². The maximum Gasteiger partial charge on any atom is 0.129 e. The average Bonchev–Trinajstić information content (AvgIpc) is 2.98. The van der Waals surface area contributed by atoms with E-state index in [9.17, 15) is 5.11 Å². The van der Waals surface area contributed by atoms with Crippen LogP contribution in [0.15, 0.2) is 16.5 Å². The van der Waals surface area contributed by atoms with E-state index in [0.29, 0.717) is 17.7 Å². The summed E-state index contributed by atoms with van der Waals surface area (Å²) in [5.74, 6) is 2.46. The first kappa shape index (κ1) is 19.8. The molecule has 1 saturated heterocycles. The summed E-state index contributed by atoms with van der Waals surface area (Å²) in [6, 6.07) is 4.40. The smallest absolute Gasteiger partial charge is 0.129 e. The summed E-state index contributed by atoms with van der Waals surface area (Å²) < 4.78 is 5.89. The number of aliphatic hydroxyl groups excluding tert-OH is 1. The van der Waals surface area contributed by atoms with Crippen molar-refractivity contribution >= 4 is 24.8 Å². The Morgan fingerprint density at radius 3 is 2.41 bits per heavy atom. The van der Waals surface area contributed by atoms with Crippen LogP contribution in [0.25, 0.3) is 0 Å². The van der Waals surface area contributed by atoms with E-state index < -0.39 is 0 Å². The first-order valence-electron chi connectivity index (χ1n) is 8.02. The minimum Gasteiger partial charge on any atom is -0.462 e. The Morgan fingerprint density at radius 1 is 1.14 bits per heavy atom. The largest absolute Gasteiger partial charge is 0.462 e. The van der Waals surface area contributed by atoms with Crippen molar-refractivity contribution in [1.29, 1.82) is 0 Å². The fourth-order valence-electron chi connectivity index (χ4n) is 3.76. The number of hydrogen-bond acceptors (Lipinski definition) is 4. The third kappa shape index (κ3) is 4.62. The van der Waals surface area contributed by atoms with Crippen LogP contribution in [0.1, 0.15) is 49.7 Å². The standard InChI is InChI=1S/C16H26N2O2.2ClH/c19-12-14-6-7-15(20-14)16(13-4-2-1-3-5-13)18-10-8-17-9-11-18;;/h6-7,13,16-17,19H,1-5,8-12H2;2*1H/t16-;;/m1../s1. The number of piperazine rings is 1. The number of aliphatic hydroxyl groups is 1. The Morgan fingerprint density at radius 2 is 1.82 bits per heavy atom. The fourth-order valence-corrected chi connectivity index (χ4v) is 3.76. The lowest BCUT2D eigenvalue weighted by atomic mass is 9.82. The van der Waals surface area contributed by atoms with E-state index in [0.717, 1.165) is 31.9 Å². The number of halogens is 2. The molecular formula is C16H28Cl2N2O2. The van der Waals surface area contributed by atoms with Crippen molar-refractivity contribution in [2.75, 3.05) is 26.2 Å². The van der Waals surface area contributed by atoms with Crippen molar-refractivity contribution < 1.29 is 9.52 Å². The maximum absolute atomic E-state index is 9.24. The number of rotatable bonds is 4. The van der Waals surface area contributed by atoms with Gasteiger partial charge in [0.25, 0.3) is 0 Å². The quantitative estimate of drug-likeness (QED) is 0.875. The first-order chi connectivity index (χ1) is 9.88. The summed E-state index contributed by atoms with van der Waals surface area (Å²) in [7, 11) is 0. The van der Waals surface area contributed by atoms with Crippen LogP contribution < -0.4 is 5.32 Å². The molecule has 2 N–H and O–H groups in total. The molecule has 0 unspecified atom stereocenters. The van der Waals surface area contributed by atoms with Crippen LogP contribution in [0, 0.1) is 5.92 Å². The lowest BCUT2D eigenvalue weighted by molar-refractivity contribution is 0.0843. The van der Waals surface area contributed by atoms with Crippen LogP contribution in [-0.4, -0.2) is 36.2 Å². The van der Waals surface area contributed by atoms with Gasteiger partial charge in [-0.05, 0) is 30.9 Å². The van der Waals surface area contributed by atoms with Crippen molar-refractivity contribution in [2.24, 2.45) is 5.92 Å². The van der Waals surface area contributed by atoms with Crippen LogP contribution >= 0.6 is 24.8 Å². The molecule has 3 rings (SSSR count). The average molecular weight is 351 g/mol. The zero-order chi connectivity index (χ0) is 13.8. The van der Waals surface area contributed by atoms with Gasteiger partial charge in [-0.1, -0.05) is 19.3 Å². The van der Waals surface area contributed by atoms with Gasteiger partial charge >= 0.3 is 0 Å². The van der Waals surface area contributed by atoms with Gasteiger partial charge in [-0.3, -0.25) is 4.90 Å². The molecule has 1 saturated carbocycles. The third-order valence-corrected chi connectivity index (χ3v) is 4.77. The van der Waals surface area contributed by atoms with Gasteiger partial charge in [0.1, 0.15) is 18.1 Å². The van der Waals surface area contributed by atoms with Crippen molar-refractivity contribution in [1.82, 2.24) is 10.2 Å². The van der Waals surface area contributed by atoms with E-state index in [-0.39, 0.29) is 31.4 Å². The highest BCUT2D eigenvalue weighted by molar-refractivity contribution is 5.85. The molecule has 0 spiro atoms. The number of furan rings is 1. The van der Waals surface area contributed by atoms with Gasteiger partial charge in [0.15, 0.2) is 0 Å². The zero-order valence-corrected chi connectivity index (χ0v) is 14.6. The van der Waals surface area contributed by atoms with Crippen LogP contribution in [0.3, 0.4) is 0 Å². The normalized spacial score (nSPS) is 21.7. The number of nitrogens with one attached hydrogen (secondary N) is 1. The summed E-state index contributed by atoms with van der Waals surface area (Å²) in [5.41, 5.74) is 0. The third-order valence-electron chi connectivity index (χ3n) is 4.77. The van der Waals surface area contributed by atoms with E-state index in [1.54, 1.807) is 0 Å². The van der Waals surface area contributed by atoms with E-state index in [1.165, 1.54) is 32.1 Å². The van der Waals surface area contributed by atoms with Gasteiger partial charge in [0.05, 0.1) is 6.04 Å². The molecule has 0 radical (unpaired) electrons. The Balaban J connectivity index is 0.00000121. The molecule has 128 valence electrons. The second-order valence-electron chi connectivity index (χ2n) is 6.09. The second kappa shape index (κ2) is 9.78. The van der Waals surface area contributed by atoms with Crippen molar-refractivity contribution in [3.05, 3.63) is 23.7 Å². The Labute approximate surface area is 145 Å². The topological polar surface area (TPSA) is 48.6 Å². The predicted octanol–water partition coefficient (Wildman–Crippen LogP) is 3.14. The summed E-state index contributed by atoms with van der Waals surface area (Å²) in [4.78, 5) is 2.58. The molecule has 22 heavy (non-hydrogen) atoms. The summed E-state index contributed by atoms with van der Waals surface area (Å²) >= 11 is 0. The minimum atomic E-state index is -0.00105. The Hall–Kier alpha value is -0.260. The second-order valence-corrected chi connectivity index (χ2v) is 6.09. The molecular weight excluding hydrogens is 323 g/mol. The Kier molecular flexibility index (Phi) is 8.80. The summed E-state index contributed by atoms with van der Waals surface area (Å²) in [6.07, 6.45) is 6.69. The van der Waals surface area contributed by atoms with Gasteiger partial charge in [-0.25, -0.2) is 0 Å². The lowest BCUT2D eigenvalue weighted by Gasteiger charge is -2.39. The number of nitrogens with zero attached hydrogens (tertiary/aromatic N) is 1. The summed E-state index contributed by atoms with van der Waals surface area (Å²) in [6.45, 7) is 4.32. The maximum atomic E-state index is 9.24. The van der Waals surface area contributed by atoms with E-state index in [4.69, 9.17) is 4.42 Å². The lowest BCUT2D eigenvalue weighted by Crippen LogP contribution is -2.47. The van der Waals surface area contributed by atoms with Crippen LogP contribution in [0.5, 0.6) is 0 Å². The molecule has 0 amide bonds. The Bertz CT molecular complexity index is 398. The highest BCUT2D eigenvalue weighted by Crippen LogP contribution is 2.39. The molecule has 0 bridgehead atoms. The first-order valence-corrected chi connectivity index (χ1v) is 8.02.